The fourth-order valence-corrected chi connectivity index (χ4v) is 10.4. The Morgan fingerprint density at radius 1 is 0.394 bits per heavy atom. The molecular weight excluding hydrogens is 658 g/mol. The van der Waals surface area contributed by atoms with Crippen molar-refractivity contribution in [3.05, 3.63) is 0 Å². The average molecular weight is 703 g/mol. The maximum Gasteiger partial charge on any atom is 2.00 e. The van der Waals surface area contributed by atoms with E-state index in [2.05, 4.69) is 27.7 Å². The molecule has 0 saturated heterocycles. The summed E-state index contributed by atoms with van der Waals surface area (Å²) in [5.74, 6) is 2.34. The van der Waals surface area contributed by atoms with Crippen LogP contribution in [-0.2, 0) is 78.6 Å². The Bertz CT molecular complexity index is 445. The molecule has 13 heteroatoms. The van der Waals surface area contributed by atoms with E-state index in [1.165, 1.54) is 0 Å². The van der Waals surface area contributed by atoms with Crippen molar-refractivity contribution in [1.29, 1.82) is 0 Å². The Balaban J connectivity index is -0.000000145. The van der Waals surface area contributed by atoms with Gasteiger partial charge in [0.2, 0.25) is 0 Å². The van der Waals surface area contributed by atoms with Gasteiger partial charge in [-0.05, 0) is 48.7 Å². The van der Waals surface area contributed by atoms with Gasteiger partial charge < -0.3 is 42.8 Å². The number of unbranched alkanes of at least 4 members (excludes halogenated alkanes) is 8. The predicted octanol–water partition coefficient (Wildman–Crippen LogP) is 1.48. The van der Waals surface area contributed by atoms with Crippen molar-refractivity contribution in [3.63, 3.8) is 0 Å². The minimum Gasteiger partial charge on any atom is -0.848 e. The number of hydrogen-bond donors (Lipinski definition) is 0. The van der Waals surface area contributed by atoms with Crippen LogP contribution < -0.4 is 29.4 Å². The number of rotatable bonds is 16. The smallest absolute Gasteiger partial charge is 0.848 e. The van der Waals surface area contributed by atoms with Crippen LogP contribution in [0.25, 0.3) is 0 Å². The van der Waals surface area contributed by atoms with Crippen LogP contribution >= 0.6 is 13.4 Å². The van der Waals surface area contributed by atoms with Crippen molar-refractivity contribution in [2.24, 2.45) is 0 Å². The van der Waals surface area contributed by atoms with Crippen LogP contribution in [0.1, 0.15) is 105 Å². The molecule has 0 fully saturated rings. The van der Waals surface area contributed by atoms with Crippen molar-refractivity contribution in [3.8, 4) is 0 Å². The molecule has 0 spiro atoms. The standard InChI is InChI=1S/2C10H22O3PS.3Zn/c2*1-3-5-7-9-15(14(11,12)13)10-8-6-4-2;;;/h2*3-10H2,1-2H3;;;/q2*-3;3*+2. The van der Waals surface area contributed by atoms with Gasteiger partial charge in [-0.25, -0.2) is 20.1 Å². The zero-order chi connectivity index (χ0) is 23.5. The van der Waals surface area contributed by atoms with E-state index in [1.54, 1.807) is 0 Å². The Morgan fingerprint density at radius 2 is 0.576 bits per heavy atom. The summed E-state index contributed by atoms with van der Waals surface area (Å²) < 4.78 is 0. The van der Waals surface area contributed by atoms with E-state index in [-0.39, 0.29) is 58.4 Å². The molecule has 0 amide bonds. The Kier molecular flexibility index (Phi) is 41.5. The minimum atomic E-state index is -4.33. The monoisotopic (exact) mass is 698 g/mol. The quantitative estimate of drug-likeness (QED) is 0.136. The van der Waals surface area contributed by atoms with Crippen molar-refractivity contribution in [2.45, 2.75) is 105 Å². The zero-order valence-electron chi connectivity index (χ0n) is 21.6. The molecule has 6 nitrogen and oxygen atoms in total. The molecule has 0 radical (unpaired) electrons. The van der Waals surface area contributed by atoms with Crippen LogP contribution in [-0.4, -0.2) is 23.0 Å². The molecule has 0 rings (SSSR count). The van der Waals surface area contributed by atoms with Gasteiger partial charge in [-0.1, -0.05) is 79.1 Å². The third-order valence-electron chi connectivity index (χ3n) is 4.57. The molecule has 0 aromatic rings. The van der Waals surface area contributed by atoms with Gasteiger partial charge in [0.1, 0.15) is 0 Å². The summed E-state index contributed by atoms with van der Waals surface area (Å²) in [5.41, 5.74) is 0. The molecule has 0 bridgehead atoms. The second kappa shape index (κ2) is 29.7. The molecule has 0 saturated carbocycles. The van der Waals surface area contributed by atoms with Crippen molar-refractivity contribution < 1.29 is 87.8 Å². The van der Waals surface area contributed by atoms with Crippen LogP contribution in [0.5, 0.6) is 0 Å². The third-order valence-corrected chi connectivity index (χ3v) is 14.9. The molecule has 188 valence electrons. The summed E-state index contributed by atoms with van der Waals surface area (Å²) in [6, 6.07) is 0. The first kappa shape index (κ1) is 46.1. The Hall–Kier alpha value is 3.19. The van der Waals surface area contributed by atoms with Gasteiger partial charge in [-0.2, -0.15) is 0 Å². The molecule has 0 aliphatic carbocycles. The second-order valence-electron chi connectivity index (χ2n) is 7.46. The molecule has 0 aromatic heterocycles. The van der Waals surface area contributed by atoms with Gasteiger partial charge in [0.25, 0.3) is 0 Å². The van der Waals surface area contributed by atoms with E-state index in [0.717, 1.165) is 77.0 Å². The average Bonchev–Trinajstić information content (AvgIpc) is 2.65. The van der Waals surface area contributed by atoms with E-state index in [0.29, 0.717) is 23.0 Å². The molecule has 0 aliphatic rings. The van der Waals surface area contributed by atoms with Crippen LogP contribution in [0.15, 0.2) is 0 Å². The molecule has 0 heterocycles. The maximum atomic E-state index is 11.0. The summed E-state index contributed by atoms with van der Waals surface area (Å²) >= 11 is 0. The second-order valence-corrected chi connectivity index (χ2v) is 18.5. The first-order valence-electron chi connectivity index (χ1n) is 11.4. The molecule has 0 aliphatic heterocycles. The molecule has 33 heavy (non-hydrogen) atoms. The summed E-state index contributed by atoms with van der Waals surface area (Å²) in [6.07, 6.45) is 11.9. The zero-order valence-corrected chi connectivity index (χ0v) is 33.9. The summed E-state index contributed by atoms with van der Waals surface area (Å²) in [6.45, 7) is -0.367. The summed E-state index contributed by atoms with van der Waals surface area (Å²) in [7, 11) is -1.80. The van der Waals surface area contributed by atoms with E-state index < -0.39 is 33.6 Å². The predicted molar refractivity (Wildman–Crippen MR) is 126 cm³/mol. The Morgan fingerprint density at radius 3 is 0.697 bits per heavy atom. The fraction of sp³-hybridized carbons (Fsp3) is 1.00. The van der Waals surface area contributed by atoms with E-state index in [4.69, 9.17) is 0 Å². The SMILES string of the molecule is CCCCCS(CCCCC)=P([O-])([O-])[O-].CCCCCS(CCCCC)=P([O-])([O-])[O-].[Zn+2].[Zn+2].[Zn+2]. The minimum absolute atomic E-state index is 0. The first-order chi connectivity index (χ1) is 14.0. The van der Waals surface area contributed by atoms with Gasteiger partial charge in [-0.15, -0.1) is 0 Å². The number of hydrogen-bond acceptors (Lipinski definition) is 6. The van der Waals surface area contributed by atoms with Gasteiger partial charge in [-0.3, -0.25) is 0 Å². The molecule has 0 N–H and O–H groups in total. The molecule has 0 unspecified atom stereocenters. The van der Waals surface area contributed by atoms with E-state index in [1.807, 2.05) is 0 Å². The Labute approximate surface area is 247 Å². The van der Waals surface area contributed by atoms with Crippen molar-refractivity contribution in [1.82, 2.24) is 0 Å². The van der Waals surface area contributed by atoms with E-state index >= 15 is 0 Å². The first-order valence-corrected chi connectivity index (χ1v) is 18.9. The van der Waals surface area contributed by atoms with Crippen molar-refractivity contribution >= 4 is 33.6 Å². The van der Waals surface area contributed by atoms with Gasteiger partial charge in [0.05, 0.1) is 0 Å². The van der Waals surface area contributed by atoms with Crippen LogP contribution in [0.3, 0.4) is 0 Å². The van der Waals surface area contributed by atoms with Gasteiger partial charge in [0.15, 0.2) is 0 Å². The largest absolute Gasteiger partial charge is 2.00 e. The topological polar surface area (TPSA) is 138 Å². The molecular formula is C20H44O6P2S2Zn3. The van der Waals surface area contributed by atoms with Crippen LogP contribution in [0.4, 0.5) is 0 Å². The van der Waals surface area contributed by atoms with Gasteiger partial charge >= 0.3 is 58.4 Å². The molecule has 0 aromatic carbocycles. The molecule has 0 atom stereocenters. The normalized spacial score (nSPS) is 11.3. The fourth-order valence-electron chi connectivity index (χ4n) is 2.73. The van der Waals surface area contributed by atoms with Crippen LogP contribution in [0.2, 0.25) is 0 Å². The third kappa shape index (κ3) is 31.3. The van der Waals surface area contributed by atoms with Gasteiger partial charge in [0, 0.05) is 0 Å². The van der Waals surface area contributed by atoms with Crippen LogP contribution in [0, 0.1) is 0 Å². The van der Waals surface area contributed by atoms with E-state index in [9.17, 15) is 29.4 Å². The summed E-state index contributed by atoms with van der Waals surface area (Å²) in [5, 5.41) is 0. The summed E-state index contributed by atoms with van der Waals surface area (Å²) in [4.78, 5) is 66.0. The maximum absolute atomic E-state index is 11.0. The van der Waals surface area contributed by atoms with Crippen molar-refractivity contribution in [2.75, 3.05) is 23.0 Å².